The van der Waals surface area contributed by atoms with Gasteiger partial charge in [0.05, 0.1) is 12.5 Å². The van der Waals surface area contributed by atoms with Crippen LogP contribution in [0.25, 0.3) is 0 Å². The predicted molar refractivity (Wildman–Crippen MR) is 87.7 cm³/mol. The molecule has 0 unspecified atom stereocenters. The van der Waals surface area contributed by atoms with Crippen LogP contribution in [0.1, 0.15) is 39.7 Å². The van der Waals surface area contributed by atoms with Gasteiger partial charge in [-0.15, -0.1) is 0 Å². The van der Waals surface area contributed by atoms with E-state index in [9.17, 15) is 9.59 Å². The van der Waals surface area contributed by atoms with E-state index in [0.717, 1.165) is 12.8 Å². The fraction of sp³-hybridized carbons (Fsp3) is 0.579. The monoisotopic (exact) mass is 318 g/mol. The molecule has 0 bridgehead atoms. The summed E-state index contributed by atoms with van der Waals surface area (Å²) in [5.74, 6) is -0.325. The van der Waals surface area contributed by atoms with E-state index in [1.165, 1.54) is 12.5 Å². The third-order valence-electron chi connectivity index (χ3n) is 4.10. The zero-order valence-corrected chi connectivity index (χ0v) is 14.4. The highest BCUT2D eigenvalue weighted by molar-refractivity contribution is 5.77. The molecule has 0 spiro atoms. The zero-order chi connectivity index (χ0) is 17.0. The molecule has 2 rings (SSSR count). The Morgan fingerprint density at radius 3 is 2.30 bits per heavy atom. The van der Waals surface area contributed by atoms with Crippen molar-refractivity contribution in [3.8, 4) is 0 Å². The van der Waals surface area contributed by atoms with Crippen LogP contribution in [0, 0.1) is 17.8 Å². The number of ether oxygens (including phenoxy) is 2. The first-order valence-electron chi connectivity index (χ1n) is 8.18. The molecule has 4 nitrogen and oxygen atoms in total. The lowest BCUT2D eigenvalue weighted by Crippen LogP contribution is -2.25. The summed E-state index contributed by atoms with van der Waals surface area (Å²) in [5.41, 5.74) is 0.767. The SMILES string of the molecule is CC(=O)OC[C@H]1[C@H](CCc2ccccc2)[C@H]1C(=O)OC(C)(C)C. The number of hydrogen-bond acceptors (Lipinski definition) is 4. The fourth-order valence-electron chi connectivity index (χ4n) is 2.98. The first kappa shape index (κ1) is 17.5. The van der Waals surface area contributed by atoms with Gasteiger partial charge in [-0.1, -0.05) is 30.3 Å². The van der Waals surface area contributed by atoms with Gasteiger partial charge in [-0.3, -0.25) is 9.59 Å². The molecule has 1 aliphatic rings. The Bertz CT molecular complexity index is 544. The summed E-state index contributed by atoms with van der Waals surface area (Å²) in [6, 6.07) is 10.2. The van der Waals surface area contributed by atoms with Crippen LogP contribution in [0.2, 0.25) is 0 Å². The Hall–Kier alpha value is -1.84. The number of carbonyl (C=O) groups excluding carboxylic acids is 2. The van der Waals surface area contributed by atoms with E-state index in [-0.39, 0.29) is 29.7 Å². The van der Waals surface area contributed by atoms with Gasteiger partial charge in [0, 0.05) is 12.8 Å². The zero-order valence-electron chi connectivity index (χ0n) is 14.4. The van der Waals surface area contributed by atoms with Gasteiger partial charge in [-0.05, 0) is 45.1 Å². The van der Waals surface area contributed by atoms with Gasteiger partial charge in [-0.25, -0.2) is 0 Å². The Kier molecular flexibility index (Phi) is 5.45. The summed E-state index contributed by atoms with van der Waals surface area (Å²) in [4.78, 5) is 23.4. The number of esters is 2. The Labute approximate surface area is 138 Å². The van der Waals surface area contributed by atoms with Crippen molar-refractivity contribution in [3.63, 3.8) is 0 Å². The van der Waals surface area contributed by atoms with Crippen molar-refractivity contribution in [1.82, 2.24) is 0 Å². The van der Waals surface area contributed by atoms with Gasteiger partial charge in [0.2, 0.25) is 0 Å². The number of benzene rings is 1. The van der Waals surface area contributed by atoms with E-state index in [1.54, 1.807) is 0 Å². The quantitative estimate of drug-likeness (QED) is 0.755. The summed E-state index contributed by atoms with van der Waals surface area (Å²) >= 11 is 0. The van der Waals surface area contributed by atoms with Crippen LogP contribution < -0.4 is 0 Å². The summed E-state index contributed by atoms with van der Waals surface area (Å²) in [5, 5.41) is 0. The van der Waals surface area contributed by atoms with Crippen LogP contribution >= 0.6 is 0 Å². The molecule has 0 N–H and O–H groups in total. The second-order valence-corrected chi connectivity index (χ2v) is 7.21. The van der Waals surface area contributed by atoms with E-state index < -0.39 is 5.60 Å². The van der Waals surface area contributed by atoms with E-state index in [0.29, 0.717) is 6.61 Å². The van der Waals surface area contributed by atoms with Crippen LogP contribution in [-0.2, 0) is 25.5 Å². The van der Waals surface area contributed by atoms with Gasteiger partial charge < -0.3 is 9.47 Å². The van der Waals surface area contributed by atoms with Crippen LogP contribution in [0.5, 0.6) is 0 Å². The highest BCUT2D eigenvalue weighted by Gasteiger charge is 2.56. The van der Waals surface area contributed by atoms with E-state index in [2.05, 4.69) is 12.1 Å². The van der Waals surface area contributed by atoms with E-state index in [4.69, 9.17) is 9.47 Å². The van der Waals surface area contributed by atoms with Crippen molar-refractivity contribution in [2.45, 2.75) is 46.1 Å². The molecule has 0 saturated heterocycles. The highest BCUT2D eigenvalue weighted by atomic mass is 16.6. The largest absolute Gasteiger partial charge is 0.466 e. The van der Waals surface area contributed by atoms with Crippen LogP contribution in [0.3, 0.4) is 0 Å². The minimum absolute atomic E-state index is 0.0810. The molecule has 23 heavy (non-hydrogen) atoms. The van der Waals surface area contributed by atoms with Crippen molar-refractivity contribution in [1.29, 1.82) is 0 Å². The lowest BCUT2D eigenvalue weighted by molar-refractivity contribution is -0.158. The molecular formula is C19H26O4. The maximum absolute atomic E-state index is 12.3. The highest BCUT2D eigenvalue weighted by Crippen LogP contribution is 2.50. The van der Waals surface area contributed by atoms with Crippen molar-refractivity contribution in [3.05, 3.63) is 35.9 Å². The van der Waals surface area contributed by atoms with Gasteiger partial charge in [0.15, 0.2) is 0 Å². The van der Waals surface area contributed by atoms with Gasteiger partial charge in [0.25, 0.3) is 0 Å². The average molecular weight is 318 g/mol. The number of hydrogen-bond donors (Lipinski definition) is 0. The molecule has 1 fully saturated rings. The van der Waals surface area contributed by atoms with Crippen molar-refractivity contribution in [2.75, 3.05) is 6.61 Å². The molecule has 0 aromatic heterocycles. The van der Waals surface area contributed by atoms with E-state index >= 15 is 0 Å². The molecule has 4 heteroatoms. The molecule has 0 radical (unpaired) electrons. The predicted octanol–water partition coefficient (Wildman–Crippen LogP) is 3.39. The molecule has 1 aliphatic carbocycles. The third kappa shape index (κ3) is 5.38. The second kappa shape index (κ2) is 7.16. The molecule has 126 valence electrons. The molecule has 0 amide bonds. The molecule has 3 atom stereocenters. The fourth-order valence-corrected chi connectivity index (χ4v) is 2.98. The lowest BCUT2D eigenvalue weighted by Gasteiger charge is -2.19. The number of aryl methyl sites for hydroxylation is 1. The van der Waals surface area contributed by atoms with Crippen LogP contribution in [0.15, 0.2) is 30.3 Å². The van der Waals surface area contributed by atoms with Crippen molar-refractivity contribution >= 4 is 11.9 Å². The van der Waals surface area contributed by atoms with Crippen LogP contribution in [-0.4, -0.2) is 24.1 Å². The Balaban J connectivity index is 1.93. The maximum atomic E-state index is 12.3. The smallest absolute Gasteiger partial charge is 0.310 e. The second-order valence-electron chi connectivity index (χ2n) is 7.21. The first-order chi connectivity index (χ1) is 10.8. The first-order valence-corrected chi connectivity index (χ1v) is 8.18. The van der Waals surface area contributed by atoms with Crippen LogP contribution in [0.4, 0.5) is 0 Å². The lowest BCUT2D eigenvalue weighted by atomic mass is 10.1. The normalized spacial score (nSPS) is 23.2. The summed E-state index contributed by atoms with van der Waals surface area (Å²) in [6.45, 7) is 7.30. The summed E-state index contributed by atoms with van der Waals surface area (Å²) in [6.07, 6.45) is 1.82. The minimum atomic E-state index is -0.490. The average Bonchev–Trinajstić information content (AvgIpc) is 3.15. The summed E-state index contributed by atoms with van der Waals surface area (Å²) < 4.78 is 10.6. The Morgan fingerprint density at radius 2 is 1.74 bits per heavy atom. The topological polar surface area (TPSA) is 52.6 Å². The van der Waals surface area contributed by atoms with Gasteiger partial charge >= 0.3 is 11.9 Å². The van der Waals surface area contributed by atoms with Crippen molar-refractivity contribution < 1.29 is 19.1 Å². The molecule has 1 saturated carbocycles. The van der Waals surface area contributed by atoms with Gasteiger partial charge in [0.1, 0.15) is 5.60 Å². The Morgan fingerprint density at radius 1 is 1.09 bits per heavy atom. The molecule has 0 heterocycles. The molecule has 0 aliphatic heterocycles. The van der Waals surface area contributed by atoms with Crippen molar-refractivity contribution in [2.24, 2.45) is 17.8 Å². The summed E-state index contributed by atoms with van der Waals surface area (Å²) in [7, 11) is 0. The minimum Gasteiger partial charge on any atom is -0.466 e. The third-order valence-corrected chi connectivity index (χ3v) is 4.10. The van der Waals surface area contributed by atoms with Gasteiger partial charge in [-0.2, -0.15) is 0 Å². The number of carbonyl (C=O) groups is 2. The maximum Gasteiger partial charge on any atom is 0.310 e. The number of rotatable bonds is 6. The molecule has 1 aromatic rings. The molecule has 1 aromatic carbocycles. The molecular weight excluding hydrogens is 292 g/mol. The van der Waals surface area contributed by atoms with E-state index in [1.807, 2.05) is 39.0 Å². The standard InChI is InChI=1S/C19H26O4/c1-13(20)22-12-16-15(11-10-14-8-6-5-7-9-14)17(16)18(21)23-19(2,3)4/h5-9,15-17H,10-12H2,1-4H3/t15-,16-,17+/m0/s1.